The molecule has 0 fully saturated rings. The monoisotopic (exact) mass is 204 g/mol. The minimum atomic E-state index is 0.0274. The first kappa shape index (κ1) is 11.6. The number of ketones is 1. The minimum Gasteiger partial charge on any atom is -0.298 e. The van der Waals surface area contributed by atoms with Gasteiger partial charge in [-0.1, -0.05) is 39.0 Å². The van der Waals surface area contributed by atoms with Crippen LogP contribution < -0.4 is 0 Å². The second kappa shape index (κ2) is 4.87. The predicted molar refractivity (Wildman–Crippen MR) is 60.5 cm³/mol. The molecule has 0 unspecified atom stereocenters. The van der Waals surface area contributed by atoms with E-state index in [1.165, 1.54) is 0 Å². The lowest BCUT2D eigenvalue weighted by Gasteiger charge is -2.11. The number of carbonyl (C=O) groups excluding carboxylic acids is 2. The maximum Gasteiger partial charge on any atom is 0.163 e. The Kier molecular flexibility index (Phi) is 3.78. The van der Waals surface area contributed by atoms with Crippen LogP contribution in [-0.2, 0) is 0 Å². The zero-order chi connectivity index (χ0) is 11.4. The fourth-order valence-corrected chi connectivity index (χ4v) is 1.65. The zero-order valence-corrected chi connectivity index (χ0v) is 9.41. The van der Waals surface area contributed by atoms with Crippen LogP contribution in [0.4, 0.5) is 0 Å². The maximum atomic E-state index is 11.6. The molecule has 15 heavy (non-hydrogen) atoms. The predicted octanol–water partition coefficient (Wildman–Crippen LogP) is 3.22. The van der Waals surface area contributed by atoms with E-state index in [1.54, 1.807) is 13.0 Å². The molecule has 0 spiro atoms. The number of Topliss-reactive ketones (excluding diaryl/α,β-unsaturated/α-hetero) is 1. The molecule has 0 saturated heterocycles. The van der Waals surface area contributed by atoms with Gasteiger partial charge in [-0.3, -0.25) is 9.59 Å². The van der Waals surface area contributed by atoms with Crippen molar-refractivity contribution in [3.63, 3.8) is 0 Å². The smallest absolute Gasteiger partial charge is 0.163 e. The van der Waals surface area contributed by atoms with Gasteiger partial charge in [0.25, 0.3) is 0 Å². The summed E-state index contributed by atoms with van der Waals surface area (Å²) in [5.74, 6) is 0.286. The highest BCUT2D eigenvalue weighted by molar-refractivity contribution is 6.03. The molecule has 2 heteroatoms. The van der Waals surface area contributed by atoms with Gasteiger partial charge in [-0.25, -0.2) is 0 Å². The number of aldehydes is 1. The maximum absolute atomic E-state index is 11.6. The first-order valence-corrected chi connectivity index (χ1v) is 5.23. The van der Waals surface area contributed by atoms with Crippen LogP contribution in [0, 0.1) is 0 Å². The van der Waals surface area contributed by atoms with Gasteiger partial charge in [0.05, 0.1) is 0 Å². The summed E-state index contributed by atoms with van der Waals surface area (Å²) >= 11 is 0. The Hall–Kier alpha value is -1.44. The lowest BCUT2D eigenvalue weighted by Crippen LogP contribution is -2.06. The zero-order valence-electron chi connectivity index (χ0n) is 9.41. The van der Waals surface area contributed by atoms with E-state index in [1.807, 2.05) is 26.0 Å². The summed E-state index contributed by atoms with van der Waals surface area (Å²) in [6.45, 7) is 5.84. The average Bonchev–Trinajstić information content (AvgIpc) is 2.26. The Morgan fingerprint density at radius 1 is 1.40 bits per heavy atom. The third kappa shape index (κ3) is 2.32. The second-order valence-electron chi connectivity index (χ2n) is 3.86. The Morgan fingerprint density at radius 2 is 2.07 bits per heavy atom. The molecule has 1 aromatic rings. The summed E-state index contributed by atoms with van der Waals surface area (Å²) in [7, 11) is 0. The third-order valence-electron chi connectivity index (χ3n) is 2.50. The quantitative estimate of drug-likeness (QED) is 0.557. The van der Waals surface area contributed by atoms with Gasteiger partial charge in [0.1, 0.15) is 0 Å². The fraction of sp³-hybridized carbons (Fsp3) is 0.385. The molecule has 0 amide bonds. The topological polar surface area (TPSA) is 34.1 Å². The molecule has 0 heterocycles. The van der Waals surface area contributed by atoms with Crippen LogP contribution in [0.3, 0.4) is 0 Å². The molecule has 0 aromatic heterocycles. The van der Waals surface area contributed by atoms with Crippen molar-refractivity contribution in [2.24, 2.45) is 0 Å². The molecule has 0 aliphatic carbocycles. The molecular formula is C13H16O2. The molecule has 1 rings (SSSR count). The van der Waals surface area contributed by atoms with Gasteiger partial charge < -0.3 is 0 Å². The van der Waals surface area contributed by atoms with Crippen LogP contribution in [0.2, 0.25) is 0 Å². The number of carbonyl (C=O) groups is 2. The van der Waals surface area contributed by atoms with Crippen molar-refractivity contribution >= 4 is 12.1 Å². The van der Waals surface area contributed by atoms with Crippen molar-refractivity contribution in [2.75, 3.05) is 0 Å². The first-order chi connectivity index (χ1) is 7.11. The van der Waals surface area contributed by atoms with Crippen molar-refractivity contribution in [3.05, 3.63) is 34.9 Å². The van der Waals surface area contributed by atoms with Gasteiger partial charge in [0, 0.05) is 17.5 Å². The summed E-state index contributed by atoms with van der Waals surface area (Å²) < 4.78 is 0. The van der Waals surface area contributed by atoms with Gasteiger partial charge in [0.15, 0.2) is 12.1 Å². The summed E-state index contributed by atoms with van der Waals surface area (Å²) in [5, 5.41) is 0. The van der Waals surface area contributed by atoms with Crippen LogP contribution in [0.15, 0.2) is 18.2 Å². The average molecular weight is 204 g/mol. The molecule has 2 nitrogen and oxygen atoms in total. The van der Waals surface area contributed by atoms with Crippen LogP contribution in [0.25, 0.3) is 0 Å². The summed E-state index contributed by atoms with van der Waals surface area (Å²) in [6, 6.07) is 5.47. The molecule has 0 aliphatic heterocycles. The van der Waals surface area contributed by atoms with E-state index < -0.39 is 0 Å². The highest BCUT2D eigenvalue weighted by Crippen LogP contribution is 2.22. The minimum absolute atomic E-state index is 0.0274. The third-order valence-corrected chi connectivity index (χ3v) is 2.50. The Morgan fingerprint density at radius 3 is 2.53 bits per heavy atom. The molecule has 1 aromatic carbocycles. The number of hydrogen-bond donors (Lipinski definition) is 0. The van der Waals surface area contributed by atoms with Gasteiger partial charge in [-0.15, -0.1) is 0 Å². The van der Waals surface area contributed by atoms with Crippen molar-refractivity contribution in [2.45, 2.75) is 33.1 Å². The molecular weight excluding hydrogens is 188 g/mol. The Balaban J connectivity index is 3.34. The van der Waals surface area contributed by atoms with E-state index in [2.05, 4.69) is 0 Å². The molecule has 0 atom stereocenters. The lowest BCUT2D eigenvalue weighted by molar-refractivity contribution is 0.0981. The van der Waals surface area contributed by atoms with Gasteiger partial charge >= 0.3 is 0 Å². The fourth-order valence-electron chi connectivity index (χ4n) is 1.65. The summed E-state index contributed by atoms with van der Waals surface area (Å²) in [6.07, 6.45) is 1.22. The van der Waals surface area contributed by atoms with Crippen LogP contribution in [0.1, 0.15) is 59.4 Å². The molecule has 0 radical (unpaired) electrons. The van der Waals surface area contributed by atoms with Crippen molar-refractivity contribution in [1.29, 1.82) is 0 Å². The normalized spacial score (nSPS) is 10.4. The van der Waals surface area contributed by atoms with Crippen LogP contribution >= 0.6 is 0 Å². The first-order valence-electron chi connectivity index (χ1n) is 5.23. The Bertz CT molecular complexity index is 378. The lowest BCUT2D eigenvalue weighted by atomic mass is 9.92. The number of rotatable bonds is 4. The molecule has 0 bridgehead atoms. The van der Waals surface area contributed by atoms with Crippen LogP contribution in [-0.4, -0.2) is 12.1 Å². The molecule has 80 valence electrons. The van der Waals surface area contributed by atoms with Gasteiger partial charge in [-0.2, -0.15) is 0 Å². The van der Waals surface area contributed by atoms with E-state index in [0.717, 1.165) is 11.8 Å². The second-order valence-corrected chi connectivity index (χ2v) is 3.86. The van der Waals surface area contributed by atoms with Crippen molar-refractivity contribution < 1.29 is 9.59 Å². The number of benzene rings is 1. The van der Waals surface area contributed by atoms with Crippen LogP contribution in [0.5, 0.6) is 0 Å². The van der Waals surface area contributed by atoms with E-state index in [9.17, 15) is 9.59 Å². The summed E-state index contributed by atoms with van der Waals surface area (Å²) in [5.41, 5.74) is 2.06. The summed E-state index contributed by atoms with van der Waals surface area (Å²) in [4.78, 5) is 22.6. The van der Waals surface area contributed by atoms with E-state index >= 15 is 0 Å². The standard InChI is InChI=1S/C13H16O2/c1-4-13(15)11-7-5-6-10(9(2)3)12(11)8-14/h5-9H,4H2,1-3H3. The van der Waals surface area contributed by atoms with E-state index in [-0.39, 0.29) is 11.7 Å². The van der Waals surface area contributed by atoms with E-state index in [0.29, 0.717) is 17.5 Å². The largest absolute Gasteiger partial charge is 0.298 e. The van der Waals surface area contributed by atoms with Crippen molar-refractivity contribution in [1.82, 2.24) is 0 Å². The Labute approximate surface area is 90.3 Å². The number of hydrogen-bond acceptors (Lipinski definition) is 2. The highest BCUT2D eigenvalue weighted by atomic mass is 16.1. The molecule has 0 aliphatic rings. The SMILES string of the molecule is CCC(=O)c1cccc(C(C)C)c1C=O. The van der Waals surface area contributed by atoms with Gasteiger partial charge in [-0.05, 0) is 11.5 Å². The molecule has 0 N–H and O–H groups in total. The highest BCUT2D eigenvalue weighted by Gasteiger charge is 2.14. The molecule has 0 saturated carbocycles. The van der Waals surface area contributed by atoms with Crippen molar-refractivity contribution in [3.8, 4) is 0 Å². The van der Waals surface area contributed by atoms with Gasteiger partial charge in [0.2, 0.25) is 0 Å². The van der Waals surface area contributed by atoms with E-state index in [4.69, 9.17) is 0 Å².